The Morgan fingerprint density at radius 3 is 2.90 bits per heavy atom. The van der Waals surface area contributed by atoms with Gasteiger partial charge in [-0.25, -0.2) is 4.98 Å². The molecule has 2 fully saturated rings. The molecule has 4 rings (SSSR count). The first-order valence-corrected chi connectivity index (χ1v) is 8.01. The van der Waals surface area contributed by atoms with Crippen molar-refractivity contribution < 1.29 is 6.11 Å². The quantitative estimate of drug-likeness (QED) is 0.938. The predicted molar refractivity (Wildman–Crippen MR) is 83.8 cm³/mol. The lowest BCUT2D eigenvalue weighted by atomic mass is 9.88. The van der Waals surface area contributed by atoms with E-state index in [2.05, 4.69) is 34.0 Å². The van der Waals surface area contributed by atoms with Crippen molar-refractivity contribution in [1.29, 1.82) is 0 Å². The topological polar surface area (TPSA) is 41.1 Å². The van der Waals surface area contributed by atoms with Crippen LogP contribution in [0.4, 0.5) is 0 Å². The van der Waals surface area contributed by atoms with E-state index in [4.69, 9.17) is 6.11 Å². The van der Waals surface area contributed by atoms with Crippen molar-refractivity contribution in [1.82, 2.24) is 14.9 Å². The minimum atomic E-state index is 0.215. The molecule has 2 aromatic rings. The van der Waals surface area contributed by atoms with Crippen molar-refractivity contribution in [2.45, 2.75) is 31.6 Å². The van der Waals surface area contributed by atoms with Crippen LogP contribution in [-0.4, -0.2) is 41.6 Å². The molecule has 112 valence electrons. The van der Waals surface area contributed by atoms with Crippen LogP contribution >= 0.6 is 0 Å². The molecule has 1 aliphatic carbocycles. The number of benzene rings is 1. The Morgan fingerprint density at radius 2 is 2.14 bits per heavy atom. The Balaban J connectivity index is 1.69. The number of piperidine rings is 1. The molecule has 0 unspecified atom stereocenters. The summed E-state index contributed by atoms with van der Waals surface area (Å²) >= 11 is 0. The van der Waals surface area contributed by atoms with Crippen molar-refractivity contribution in [3.05, 3.63) is 24.0 Å². The maximum absolute atomic E-state index is 7.76. The molecule has 1 saturated heterocycles. The van der Waals surface area contributed by atoms with Gasteiger partial charge in [0, 0.05) is 0 Å². The van der Waals surface area contributed by atoms with Crippen LogP contribution in [0.15, 0.2) is 18.4 Å². The van der Waals surface area contributed by atoms with Gasteiger partial charge in [-0.2, -0.15) is 0 Å². The fraction of sp³-hybridized carbons (Fsp3) is 0.588. The number of H-pyrrole nitrogens is 1. The highest BCUT2D eigenvalue weighted by Gasteiger charge is 2.26. The summed E-state index contributed by atoms with van der Waals surface area (Å²) in [6, 6.07) is 4.23. The summed E-state index contributed by atoms with van der Waals surface area (Å²) < 4.78 is 13.9. The third-order valence-corrected chi connectivity index (χ3v) is 4.84. The molecule has 2 aliphatic rings. The number of aromatic nitrogens is 2. The van der Waals surface area contributed by atoms with E-state index in [0.717, 1.165) is 42.4 Å². The normalized spacial score (nSPS) is 21.7. The second-order valence-electron chi connectivity index (χ2n) is 6.56. The predicted octanol–water partition coefficient (Wildman–Crippen LogP) is 3.16. The van der Waals surface area contributed by atoms with Crippen LogP contribution < -0.4 is 4.74 Å². The van der Waals surface area contributed by atoms with E-state index in [1.54, 1.807) is 0 Å². The van der Waals surface area contributed by atoms with Gasteiger partial charge in [0.25, 0.3) is 0 Å². The highest BCUT2D eigenvalue weighted by molar-refractivity contribution is 5.83. The summed E-state index contributed by atoms with van der Waals surface area (Å²) in [5.74, 6) is 2.18. The number of aromatic amines is 1. The number of nitrogens with zero attached hydrogens (tertiary/aromatic N) is 2. The zero-order valence-electron chi connectivity index (χ0n) is 13.6. The van der Waals surface area contributed by atoms with E-state index in [9.17, 15) is 0 Å². The summed E-state index contributed by atoms with van der Waals surface area (Å²) in [6.07, 6.45) is 5.11. The number of hydrogen-bond donors (Lipinski definition) is 1. The zero-order chi connectivity index (χ0) is 15.1. The molecule has 0 radical (unpaired) electrons. The first kappa shape index (κ1) is 12.0. The van der Waals surface area contributed by atoms with E-state index < -0.39 is 0 Å². The molecular weight excluding hydrogens is 262 g/mol. The van der Waals surface area contributed by atoms with Gasteiger partial charge in [0.15, 0.2) is 5.75 Å². The number of ether oxygens (including phenoxy) is 1. The highest BCUT2D eigenvalue weighted by atomic mass is 16.5. The third-order valence-electron chi connectivity index (χ3n) is 4.84. The Labute approximate surface area is 126 Å². The number of imidazole rings is 1. The van der Waals surface area contributed by atoms with Crippen LogP contribution in [0.2, 0.25) is 0 Å². The van der Waals surface area contributed by atoms with Gasteiger partial charge in [-0.1, -0.05) is 6.07 Å². The lowest BCUT2D eigenvalue weighted by Gasteiger charge is -2.30. The van der Waals surface area contributed by atoms with Crippen LogP contribution in [0, 0.1) is 5.92 Å². The van der Waals surface area contributed by atoms with E-state index >= 15 is 0 Å². The van der Waals surface area contributed by atoms with Crippen LogP contribution in [0.25, 0.3) is 11.0 Å². The zero-order valence-corrected chi connectivity index (χ0v) is 12.6. The number of likely N-dealkylation sites (tertiary alicyclic amines) is 1. The molecule has 0 spiro atoms. The molecule has 1 saturated carbocycles. The number of hydrogen-bond acceptors (Lipinski definition) is 3. The van der Waals surface area contributed by atoms with Crippen molar-refractivity contribution in [3.63, 3.8) is 0 Å². The smallest absolute Gasteiger partial charge is 0.150 e. The number of rotatable bonds is 4. The molecule has 0 amide bonds. The van der Waals surface area contributed by atoms with Crippen molar-refractivity contribution in [3.8, 4) is 5.75 Å². The van der Waals surface area contributed by atoms with Crippen molar-refractivity contribution in [2.75, 3.05) is 26.7 Å². The number of nitrogens with one attached hydrogen (secondary N) is 1. The SMILES string of the molecule is [2H]c1nc2c(OCC3CC3)c(C3CCN(C)CC3)ccc2[nH]1. The van der Waals surface area contributed by atoms with E-state index in [-0.39, 0.29) is 6.30 Å². The molecule has 1 aromatic heterocycles. The van der Waals surface area contributed by atoms with Gasteiger partial charge in [-0.3, -0.25) is 0 Å². The molecular formula is C17H23N3O. The Hall–Kier alpha value is -1.55. The Kier molecular flexibility index (Phi) is 3.06. The standard InChI is InChI=1S/C17H23N3O/c1-20-8-6-13(7-9-20)14-4-5-15-16(19-11-18-15)17(14)21-10-12-2-3-12/h4-5,11-13H,2-3,6-10H2,1H3,(H,18,19)/i11D. The minimum Gasteiger partial charge on any atom is -0.491 e. The second-order valence-corrected chi connectivity index (χ2v) is 6.56. The maximum Gasteiger partial charge on any atom is 0.150 e. The largest absolute Gasteiger partial charge is 0.491 e. The molecule has 1 aromatic carbocycles. The fourth-order valence-electron chi connectivity index (χ4n) is 3.22. The third kappa shape index (κ3) is 2.64. The van der Waals surface area contributed by atoms with E-state index in [1.807, 2.05) is 0 Å². The van der Waals surface area contributed by atoms with Crippen molar-refractivity contribution >= 4 is 11.0 Å². The average Bonchev–Trinajstić information content (AvgIpc) is 3.25. The molecule has 0 atom stereocenters. The molecule has 1 N–H and O–H groups in total. The molecule has 4 nitrogen and oxygen atoms in total. The van der Waals surface area contributed by atoms with Crippen LogP contribution in [0.5, 0.6) is 5.75 Å². The Morgan fingerprint density at radius 1 is 1.33 bits per heavy atom. The maximum atomic E-state index is 7.76. The van der Waals surface area contributed by atoms with Crippen LogP contribution in [0.1, 0.15) is 38.5 Å². The average molecular weight is 286 g/mol. The summed E-state index contributed by atoms with van der Waals surface area (Å²) in [5, 5.41) is 0. The Bertz CT molecular complexity index is 672. The van der Waals surface area contributed by atoms with Crippen molar-refractivity contribution in [2.24, 2.45) is 5.92 Å². The molecule has 21 heavy (non-hydrogen) atoms. The molecule has 0 bridgehead atoms. The van der Waals surface area contributed by atoms with Gasteiger partial charge >= 0.3 is 0 Å². The van der Waals surface area contributed by atoms with Gasteiger partial charge in [0.1, 0.15) is 6.89 Å². The van der Waals surface area contributed by atoms with E-state index in [0.29, 0.717) is 5.92 Å². The fourth-order valence-corrected chi connectivity index (χ4v) is 3.22. The van der Waals surface area contributed by atoms with Gasteiger partial charge in [0.2, 0.25) is 0 Å². The first-order chi connectivity index (χ1) is 10.7. The summed E-state index contributed by atoms with van der Waals surface area (Å²) in [4.78, 5) is 9.75. The summed E-state index contributed by atoms with van der Waals surface area (Å²) in [6.45, 7) is 3.06. The monoisotopic (exact) mass is 286 g/mol. The number of fused-ring (bicyclic) bond motifs is 1. The van der Waals surface area contributed by atoms with Gasteiger partial charge < -0.3 is 14.6 Å². The van der Waals surface area contributed by atoms with Gasteiger partial charge in [0.05, 0.1) is 18.4 Å². The van der Waals surface area contributed by atoms with Gasteiger partial charge in [-0.05, 0) is 69.3 Å². The molecule has 4 heteroatoms. The lowest BCUT2D eigenvalue weighted by molar-refractivity contribution is 0.248. The molecule has 1 aliphatic heterocycles. The summed E-state index contributed by atoms with van der Waals surface area (Å²) in [5.41, 5.74) is 3.03. The highest BCUT2D eigenvalue weighted by Crippen LogP contribution is 2.39. The second kappa shape index (κ2) is 5.34. The van der Waals surface area contributed by atoms with E-state index in [1.165, 1.54) is 31.2 Å². The first-order valence-electron chi connectivity index (χ1n) is 8.51. The van der Waals surface area contributed by atoms with Gasteiger partial charge in [-0.15, -0.1) is 0 Å². The minimum absolute atomic E-state index is 0.215. The summed E-state index contributed by atoms with van der Waals surface area (Å²) in [7, 11) is 2.18. The lowest BCUT2D eigenvalue weighted by Crippen LogP contribution is -2.29. The molecule has 2 heterocycles. The van der Waals surface area contributed by atoms with Crippen LogP contribution in [0.3, 0.4) is 0 Å². The van der Waals surface area contributed by atoms with Crippen LogP contribution in [-0.2, 0) is 0 Å².